The van der Waals surface area contributed by atoms with Gasteiger partial charge in [-0.15, -0.1) is 0 Å². The molecule has 0 saturated carbocycles. The van der Waals surface area contributed by atoms with Gasteiger partial charge in [0.05, 0.1) is 5.52 Å². The minimum atomic E-state index is 0.786. The van der Waals surface area contributed by atoms with Gasteiger partial charge < -0.3 is 10.3 Å². The molecule has 0 bridgehead atoms. The van der Waals surface area contributed by atoms with Crippen LogP contribution in [0.4, 0.5) is 11.5 Å². The molecule has 4 aromatic rings. The van der Waals surface area contributed by atoms with Crippen molar-refractivity contribution in [3.05, 3.63) is 66.7 Å². The summed E-state index contributed by atoms with van der Waals surface area (Å²) in [5, 5.41) is 4.34. The van der Waals surface area contributed by atoms with E-state index in [1.165, 1.54) is 5.56 Å². The lowest BCUT2D eigenvalue weighted by atomic mass is 10.1. The number of hydrogen-bond donors (Lipinski definition) is 2. The SMILES string of the molecule is Cc1cccc(Nc2ncnc3ccc(-c4ncc[nH]4)cc23)c1. The number of fused-ring (bicyclic) bond motifs is 1. The molecule has 0 aliphatic carbocycles. The molecule has 2 aromatic carbocycles. The van der Waals surface area contributed by atoms with E-state index in [0.717, 1.165) is 33.8 Å². The van der Waals surface area contributed by atoms with Crippen molar-refractivity contribution >= 4 is 22.4 Å². The van der Waals surface area contributed by atoms with Gasteiger partial charge in [-0.05, 0) is 42.8 Å². The minimum absolute atomic E-state index is 0.786. The van der Waals surface area contributed by atoms with Crippen LogP contribution in [-0.4, -0.2) is 19.9 Å². The molecule has 0 spiro atoms. The molecule has 0 radical (unpaired) electrons. The fraction of sp³-hybridized carbons (Fsp3) is 0.0556. The van der Waals surface area contributed by atoms with Gasteiger partial charge in [0, 0.05) is 29.0 Å². The number of benzene rings is 2. The first-order chi connectivity index (χ1) is 11.3. The largest absolute Gasteiger partial charge is 0.345 e. The highest BCUT2D eigenvalue weighted by molar-refractivity contribution is 5.93. The van der Waals surface area contributed by atoms with Crippen molar-refractivity contribution < 1.29 is 0 Å². The number of imidazole rings is 1. The third-order valence-corrected chi connectivity index (χ3v) is 3.69. The smallest absolute Gasteiger partial charge is 0.141 e. The van der Waals surface area contributed by atoms with Gasteiger partial charge in [-0.3, -0.25) is 0 Å². The Morgan fingerprint density at radius 1 is 1.00 bits per heavy atom. The molecule has 4 rings (SSSR count). The van der Waals surface area contributed by atoms with Crippen molar-refractivity contribution in [3.8, 4) is 11.4 Å². The second-order valence-corrected chi connectivity index (χ2v) is 5.39. The van der Waals surface area contributed by atoms with Crippen LogP contribution in [0, 0.1) is 6.92 Å². The van der Waals surface area contributed by atoms with Gasteiger partial charge in [0.1, 0.15) is 18.0 Å². The molecule has 23 heavy (non-hydrogen) atoms. The molecule has 0 amide bonds. The van der Waals surface area contributed by atoms with Gasteiger partial charge >= 0.3 is 0 Å². The lowest BCUT2D eigenvalue weighted by molar-refractivity contribution is 1.22. The summed E-state index contributed by atoms with van der Waals surface area (Å²) in [6.07, 6.45) is 5.13. The predicted molar refractivity (Wildman–Crippen MR) is 91.6 cm³/mol. The summed E-state index contributed by atoms with van der Waals surface area (Å²) in [4.78, 5) is 16.2. The summed E-state index contributed by atoms with van der Waals surface area (Å²) in [5.74, 6) is 1.62. The lowest BCUT2D eigenvalue weighted by Crippen LogP contribution is -1.96. The number of nitrogens with zero attached hydrogens (tertiary/aromatic N) is 3. The first-order valence-corrected chi connectivity index (χ1v) is 7.38. The summed E-state index contributed by atoms with van der Waals surface area (Å²) in [7, 11) is 0. The third-order valence-electron chi connectivity index (χ3n) is 3.69. The van der Waals surface area contributed by atoms with Gasteiger partial charge in [-0.25, -0.2) is 15.0 Å². The molecule has 112 valence electrons. The standard InChI is InChI=1S/C18H15N5/c1-12-3-2-4-14(9-12)23-18-15-10-13(17-19-7-8-20-17)5-6-16(15)21-11-22-18/h2-11H,1H3,(H,19,20)(H,21,22,23). The molecule has 0 fully saturated rings. The Morgan fingerprint density at radius 2 is 1.96 bits per heavy atom. The zero-order valence-electron chi connectivity index (χ0n) is 12.6. The van der Waals surface area contributed by atoms with Gasteiger partial charge in [-0.1, -0.05) is 12.1 Å². The van der Waals surface area contributed by atoms with E-state index in [9.17, 15) is 0 Å². The number of aryl methyl sites for hydroxylation is 1. The summed E-state index contributed by atoms with van der Waals surface area (Å²) in [6, 6.07) is 14.2. The average molecular weight is 301 g/mol. The van der Waals surface area contributed by atoms with Crippen molar-refractivity contribution in [2.45, 2.75) is 6.92 Å². The molecule has 2 heterocycles. The molecule has 2 N–H and O–H groups in total. The maximum Gasteiger partial charge on any atom is 0.141 e. The maximum absolute atomic E-state index is 4.40. The highest BCUT2D eigenvalue weighted by Crippen LogP contribution is 2.27. The summed E-state index contributed by atoms with van der Waals surface area (Å²) < 4.78 is 0. The monoisotopic (exact) mass is 301 g/mol. The van der Waals surface area contributed by atoms with Crippen molar-refractivity contribution in [3.63, 3.8) is 0 Å². The Morgan fingerprint density at radius 3 is 2.78 bits per heavy atom. The number of aromatic amines is 1. The zero-order valence-corrected chi connectivity index (χ0v) is 12.6. The maximum atomic E-state index is 4.40. The molecule has 0 unspecified atom stereocenters. The second-order valence-electron chi connectivity index (χ2n) is 5.39. The van der Waals surface area contributed by atoms with E-state index in [-0.39, 0.29) is 0 Å². The normalized spacial score (nSPS) is 10.8. The Balaban J connectivity index is 1.81. The minimum Gasteiger partial charge on any atom is -0.345 e. The van der Waals surface area contributed by atoms with Crippen LogP contribution in [0.5, 0.6) is 0 Å². The molecular formula is C18H15N5. The van der Waals surface area contributed by atoms with Crippen molar-refractivity contribution in [2.75, 3.05) is 5.32 Å². The molecule has 0 aliphatic rings. The lowest BCUT2D eigenvalue weighted by Gasteiger charge is -2.09. The van der Waals surface area contributed by atoms with Crippen LogP contribution in [0.3, 0.4) is 0 Å². The van der Waals surface area contributed by atoms with Gasteiger partial charge in [0.15, 0.2) is 0 Å². The topological polar surface area (TPSA) is 66.5 Å². The van der Waals surface area contributed by atoms with E-state index >= 15 is 0 Å². The Kier molecular flexibility index (Phi) is 3.24. The Bertz CT molecular complexity index is 960. The molecule has 0 aliphatic heterocycles. The van der Waals surface area contributed by atoms with Crippen molar-refractivity contribution in [1.29, 1.82) is 0 Å². The van der Waals surface area contributed by atoms with E-state index in [0.29, 0.717) is 0 Å². The van der Waals surface area contributed by atoms with Crippen LogP contribution in [0.2, 0.25) is 0 Å². The van der Waals surface area contributed by atoms with E-state index in [4.69, 9.17) is 0 Å². The first kappa shape index (κ1) is 13.5. The summed E-state index contributed by atoms with van der Waals surface area (Å²) >= 11 is 0. The zero-order chi connectivity index (χ0) is 15.6. The quantitative estimate of drug-likeness (QED) is 0.598. The van der Waals surface area contributed by atoms with Crippen molar-refractivity contribution in [2.24, 2.45) is 0 Å². The Hall–Kier alpha value is -3.21. The summed E-state index contributed by atoms with van der Waals surface area (Å²) in [5.41, 5.74) is 4.10. The fourth-order valence-corrected chi connectivity index (χ4v) is 2.59. The molecule has 0 atom stereocenters. The van der Waals surface area contributed by atoms with E-state index < -0.39 is 0 Å². The van der Waals surface area contributed by atoms with Crippen LogP contribution in [0.1, 0.15) is 5.56 Å². The third kappa shape index (κ3) is 2.64. The van der Waals surface area contributed by atoms with Crippen molar-refractivity contribution in [1.82, 2.24) is 19.9 Å². The first-order valence-electron chi connectivity index (χ1n) is 7.38. The number of aromatic nitrogens is 4. The van der Waals surface area contributed by atoms with Crippen LogP contribution < -0.4 is 5.32 Å². The van der Waals surface area contributed by atoms with Crippen LogP contribution in [-0.2, 0) is 0 Å². The average Bonchev–Trinajstić information content (AvgIpc) is 3.09. The van der Waals surface area contributed by atoms with E-state index in [2.05, 4.69) is 44.3 Å². The predicted octanol–water partition coefficient (Wildman–Crippen LogP) is 4.07. The number of rotatable bonds is 3. The molecular weight excluding hydrogens is 286 g/mol. The van der Waals surface area contributed by atoms with Crippen LogP contribution in [0.15, 0.2) is 61.2 Å². The van der Waals surface area contributed by atoms with E-state index in [1.54, 1.807) is 12.5 Å². The number of nitrogens with one attached hydrogen (secondary N) is 2. The van der Waals surface area contributed by atoms with Gasteiger partial charge in [-0.2, -0.15) is 0 Å². The van der Waals surface area contributed by atoms with E-state index in [1.807, 2.05) is 36.5 Å². The number of anilines is 2. The van der Waals surface area contributed by atoms with Gasteiger partial charge in [0.2, 0.25) is 0 Å². The summed E-state index contributed by atoms with van der Waals surface area (Å²) in [6.45, 7) is 2.07. The van der Waals surface area contributed by atoms with Gasteiger partial charge in [0.25, 0.3) is 0 Å². The highest BCUT2D eigenvalue weighted by atomic mass is 15.0. The number of H-pyrrole nitrogens is 1. The molecule has 5 heteroatoms. The highest BCUT2D eigenvalue weighted by Gasteiger charge is 2.07. The molecule has 5 nitrogen and oxygen atoms in total. The molecule has 2 aromatic heterocycles. The number of hydrogen-bond acceptors (Lipinski definition) is 4. The Labute approximate surface area is 133 Å². The molecule has 0 saturated heterocycles. The van der Waals surface area contributed by atoms with Crippen LogP contribution in [0.25, 0.3) is 22.3 Å². The van der Waals surface area contributed by atoms with Crippen LogP contribution >= 0.6 is 0 Å². The fourth-order valence-electron chi connectivity index (χ4n) is 2.59. The second kappa shape index (κ2) is 5.53.